The van der Waals surface area contributed by atoms with Gasteiger partial charge in [0.05, 0.1) is 32.1 Å². The zero-order chi connectivity index (χ0) is 25.3. The minimum absolute atomic E-state index is 0.00866. The van der Waals surface area contributed by atoms with E-state index in [4.69, 9.17) is 23.2 Å². The Balaban J connectivity index is 1.50. The Labute approximate surface area is 231 Å². The van der Waals surface area contributed by atoms with E-state index in [2.05, 4.69) is 51.8 Å². The van der Waals surface area contributed by atoms with Crippen LogP contribution >= 0.6 is 55.1 Å². The molecule has 6 nitrogen and oxygen atoms in total. The molecule has 0 saturated heterocycles. The lowest BCUT2D eigenvalue weighted by molar-refractivity contribution is 0.474. The number of benzene rings is 4. The van der Waals surface area contributed by atoms with E-state index in [9.17, 15) is 10.2 Å². The van der Waals surface area contributed by atoms with E-state index in [-0.39, 0.29) is 11.5 Å². The van der Waals surface area contributed by atoms with Crippen LogP contribution in [0.3, 0.4) is 0 Å². The van der Waals surface area contributed by atoms with Gasteiger partial charge in [0.1, 0.15) is 33.6 Å². The highest BCUT2D eigenvalue weighted by Gasteiger charge is 2.17. The number of hydrogen-bond donors (Lipinski definition) is 2. The lowest BCUT2D eigenvalue weighted by Crippen LogP contribution is -1.98. The van der Waals surface area contributed by atoms with E-state index >= 15 is 0 Å². The second-order valence-electron chi connectivity index (χ2n) is 8.47. The Morgan fingerprint density at radius 3 is 1.92 bits per heavy atom. The van der Waals surface area contributed by atoms with Gasteiger partial charge in [0, 0.05) is 20.9 Å². The van der Waals surface area contributed by atoms with Crippen LogP contribution in [0.2, 0.25) is 10.0 Å². The van der Waals surface area contributed by atoms with Crippen LogP contribution in [-0.4, -0.2) is 30.1 Å². The topological polar surface area (TPSA) is 92.0 Å². The van der Waals surface area contributed by atoms with Crippen LogP contribution in [0.25, 0.3) is 44.1 Å². The van der Waals surface area contributed by atoms with Crippen molar-refractivity contribution in [3.63, 3.8) is 0 Å². The Bertz CT molecular complexity index is 1910. The minimum Gasteiger partial charge on any atom is -0.506 e. The number of aromatic nitrogens is 4. The molecule has 0 unspecified atom stereocenters. The van der Waals surface area contributed by atoms with Crippen molar-refractivity contribution in [1.29, 1.82) is 0 Å². The fraction of sp³-hybridized carbons (Fsp3) is 0.0769. The van der Waals surface area contributed by atoms with Crippen molar-refractivity contribution in [3.05, 3.63) is 78.1 Å². The molecule has 2 aromatic heterocycles. The number of phenols is 2. The monoisotopic (exact) mass is 642 g/mol. The molecule has 2 heterocycles. The number of hydrogen-bond acceptors (Lipinski definition) is 6. The molecule has 0 atom stereocenters. The molecule has 0 amide bonds. The van der Waals surface area contributed by atoms with Gasteiger partial charge in [-0.05, 0) is 92.4 Å². The fourth-order valence-electron chi connectivity index (χ4n) is 4.26. The van der Waals surface area contributed by atoms with Crippen LogP contribution in [0.4, 0.5) is 0 Å². The van der Waals surface area contributed by atoms with Gasteiger partial charge in [-0.3, -0.25) is 0 Å². The van der Waals surface area contributed by atoms with Gasteiger partial charge >= 0.3 is 0 Å². The zero-order valence-corrected chi connectivity index (χ0v) is 23.1. The summed E-state index contributed by atoms with van der Waals surface area (Å²) in [6, 6.07) is 12.3. The highest BCUT2D eigenvalue weighted by molar-refractivity contribution is 9.13. The van der Waals surface area contributed by atoms with Gasteiger partial charge < -0.3 is 10.2 Å². The number of halogens is 4. The number of nitrogens with zero attached hydrogens (tertiary/aromatic N) is 4. The maximum atomic E-state index is 11.2. The van der Waals surface area contributed by atoms with Crippen molar-refractivity contribution in [2.45, 2.75) is 13.3 Å². The molecule has 0 aliphatic heterocycles. The van der Waals surface area contributed by atoms with Crippen LogP contribution in [0.15, 0.2) is 51.4 Å². The average molecular weight is 645 g/mol. The van der Waals surface area contributed by atoms with Gasteiger partial charge in [0.25, 0.3) is 0 Å². The van der Waals surface area contributed by atoms with Crippen molar-refractivity contribution in [1.82, 2.24) is 19.9 Å². The summed E-state index contributed by atoms with van der Waals surface area (Å²) in [5.41, 5.74) is 6.59. The highest BCUT2D eigenvalue weighted by atomic mass is 79.9. The maximum absolute atomic E-state index is 11.2. The van der Waals surface area contributed by atoms with E-state index < -0.39 is 0 Å². The molecule has 6 rings (SSSR count). The Kier molecular flexibility index (Phi) is 5.68. The third-order valence-corrected chi connectivity index (χ3v) is 8.56. The summed E-state index contributed by atoms with van der Waals surface area (Å²) in [5, 5.41) is 22.3. The lowest BCUT2D eigenvalue weighted by atomic mass is 9.98. The van der Waals surface area contributed by atoms with Crippen LogP contribution in [0.1, 0.15) is 16.7 Å². The second-order valence-corrected chi connectivity index (χ2v) is 11.0. The molecule has 0 aliphatic rings. The summed E-state index contributed by atoms with van der Waals surface area (Å²) in [7, 11) is 0. The Morgan fingerprint density at radius 2 is 1.22 bits per heavy atom. The van der Waals surface area contributed by atoms with Crippen LogP contribution in [-0.2, 0) is 6.42 Å². The summed E-state index contributed by atoms with van der Waals surface area (Å²) < 4.78 is 1.68. The molecule has 0 spiro atoms. The van der Waals surface area contributed by atoms with Crippen molar-refractivity contribution in [3.8, 4) is 11.5 Å². The molecule has 178 valence electrons. The maximum Gasteiger partial charge on any atom is 0.147 e. The summed E-state index contributed by atoms with van der Waals surface area (Å²) >= 11 is 19.8. The number of aryl methyl sites for hydroxylation is 1. The predicted molar refractivity (Wildman–Crippen MR) is 150 cm³/mol. The van der Waals surface area contributed by atoms with E-state index in [1.807, 2.05) is 31.2 Å². The molecule has 4 aromatic carbocycles. The van der Waals surface area contributed by atoms with E-state index in [1.165, 1.54) is 6.07 Å². The zero-order valence-electron chi connectivity index (χ0n) is 18.4. The minimum atomic E-state index is 0.00866. The van der Waals surface area contributed by atoms with Crippen molar-refractivity contribution in [2.75, 3.05) is 0 Å². The van der Waals surface area contributed by atoms with E-state index in [0.717, 1.165) is 20.1 Å². The lowest BCUT2D eigenvalue weighted by Gasteiger charge is -2.13. The van der Waals surface area contributed by atoms with E-state index in [1.54, 1.807) is 12.1 Å². The third-order valence-electron chi connectivity index (χ3n) is 6.12. The largest absolute Gasteiger partial charge is 0.506 e. The molecule has 0 bridgehead atoms. The van der Waals surface area contributed by atoms with Gasteiger partial charge in [-0.25, -0.2) is 19.9 Å². The molecule has 36 heavy (non-hydrogen) atoms. The van der Waals surface area contributed by atoms with Crippen LogP contribution in [0.5, 0.6) is 11.5 Å². The molecule has 10 heteroatoms. The summed E-state index contributed by atoms with van der Waals surface area (Å²) in [6.07, 6.45) is 0.383. The van der Waals surface area contributed by atoms with Crippen molar-refractivity contribution < 1.29 is 10.2 Å². The van der Waals surface area contributed by atoms with Gasteiger partial charge in [-0.1, -0.05) is 23.2 Å². The Hall–Kier alpha value is -2.78. The average Bonchev–Trinajstić information content (AvgIpc) is 2.84. The number of rotatable bonds is 2. The number of fused-ring (bicyclic) bond motifs is 4. The predicted octanol–water partition coefficient (Wildman–Crippen LogP) is 8.02. The molecule has 0 saturated carbocycles. The molecular weight excluding hydrogens is 631 g/mol. The van der Waals surface area contributed by atoms with E-state index in [0.29, 0.717) is 66.2 Å². The SMILES string of the molecule is Cc1cc2nc3c(Cl)ccc(O)c3nc2cc1Cc1cc(Cl)c2nc3cc(Br)c(Br)cc3nc2c1O. The highest BCUT2D eigenvalue weighted by Crippen LogP contribution is 2.37. The van der Waals surface area contributed by atoms with Gasteiger partial charge in [0.15, 0.2) is 0 Å². The first-order valence-corrected chi connectivity index (χ1v) is 13.1. The molecule has 0 fully saturated rings. The first-order chi connectivity index (χ1) is 17.2. The second kappa shape index (κ2) is 8.66. The van der Waals surface area contributed by atoms with Gasteiger partial charge in [-0.2, -0.15) is 0 Å². The summed E-state index contributed by atoms with van der Waals surface area (Å²) in [5.74, 6) is 0.0331. The van der Waals surface area contributed by atoms with Crippen LogP contribution in [0, 0.1) is 6.92 Å². The Morgan fingerprint density at radius 1 is 0.667 bits per heavy atom. The molecule has 6 aromatic rings. The quantitative estimate of drug-likeness (QED) is 0.186. The molecular formula is C26H14Br2Cl2N4O2. The molecule has 0 radical (unpaired) electrons. The summed E-state index contributed by atoms with van der Waals surface area (Å²) in [4.78, 5) is 18.5. The molecule has 2 N–H and O–H groups in total. The normalized spacial score (nSPS) is 11.8. The number of phenolic OH excluding ortho intramolecular Hbond substituents is 2. The smallest absolute Gasteiger partial charge is 0.147 e. The first kappa shape index (κ1) is 23.6. The number of aromatic hydroxyl groups is 2. The van der Waals surface area contributed by atoms with Crippen molar-refractivity contribution in [2.24, 2.45) is 0 Å². The van der Waals surface area contributed by atoms with Gasteiger partial charge in [-0.15, -0.1) is 0 Å². The summed E-state index contributed by atoms with van der Waals surface area (Å²) in [6.45, 7) is 1.97. The standard InChI is InChI=1S/C26H14Br2Cl2N4O2/c1-10-4-17-18(33-24-21(35)3-2-15(29)22(24)31-17)7-11(10)5-12-6-16(30)23-25(26(12)36)34-20-9-14(28)13(27)8-19(20)32-23/h2-4,6-9,35-36H,5H2,1H3. The fourth-order valence-corrected chi connectivity index (χ4v) is 5.38. The third kappa shape index (κ3) is 3.84. The van der Waals surface area contributed by atoms with Gasteiger partial charge in [0.2, 0.25) is 0 Å². The van der Waals surface area contributed by atoms with Crippen molar-refractivity contribution >= 4 is 99.2 Å². The van der Waals surface area contributed by atoms with Crippen LogP contribution < -0.4 is 0 Å². The first-order valence-electron chi connectivity index (χ1n) is 10.7. The molecule has 0 aliphatic carbocycles.